The van der Waals surface area contributed by atoms with E-state index < -0.39 is 0 Å². The third kappa shape index (κ3) is 2.09. The van der Waals surface area contributed by atoms with Crippen LogP contribution >= 0.6 is 0 Å². The molecule has 0 radical (unpaired) electrons. The topological polar surface area (TPSA) is 49.6 Å². The van der Waals surface area contributed by atoms with Gasteiger partial charge in [-0.25, -0.2) is 10.4 Å². The molecule has 1 N–H and O–H groups in total. The highest BCUT2D eigenvalue weighted by molar-refractivity contribution is 5.84. The molecule has 1 saturated carbocycles. The van der Waals surface area contributed by atoms with Crippen molar-refractivity contribution in [1.82, 2.24) is 4.98 Å². The summed E-state index contributed by atoms with van der Waals surface area (Å²) in [7, 11) is 0. The van der Waals surface area contributed by atoms with E-state index in [9.17, 15) is 0 Å². The van der Waals surface area contributed by atoms with E-state index in [1.54, 1.807) is 6.20 Å². The van der Waals surface area contributed by atoms with Gasteiger partial charge in [0.1, 0.15) is 0 Å². The van der Waals surface area contributed by atoms with Crippen molar-refractivity contribution in [2.45, 2.75) is 25.2 Å². The smallest absolute Gasteiger partial charge is 0.225 e. The Morgan fingerprint density at radius 1 is 1.12 bits per heavy atom. The second-order valence-electron chi connectivity index (χ2n) is 6.59. The van der Waals surface area contributed by atoms with Crippen molar-refractivity contribution in [2.24, 2.45) is 9.98 Å². The van der Waals surface area contributed by atoms with Crippen molar-refractivity contribution in [3.8, 4) is 0 Å². The Hall–Kier alpha value is -2.79. The largest absolute Gasteiger partial charge is 0.256 e. The van der Waals surface area contributed by atoms with Crippen LogP contribution in [0.5, 0.6) is 0 Å². The number of nitrogens with zero attached hydrogens (tertiary/aromatic N) is 4. The summed E-state index contributed by atoms with van der Waals surface area (Å²) in [6, 6.07) is 8.63. The van der Waals surface area contributed by atoms with Gasteiger partial charge in [0.25, 0.3) is 0 Å². The van der Waals surface area contributed by atoms with Gasteiger partial charge in [-0.1, -0.05) is 12.5 Å². The second kappa shape index (κ2) is 5.11. The predicted octanol–water partition coefficient (Wildman–Crippen LogP) is 4.08. The molecular weight excluding hydrogens is 298 g/mol. The van der Waals surface area contributed by atoms with Gasteiger partial charge in [0.05, 0.1) is 29.8 Å². The molecule has 5 heteroatoms. The maximum absolute atomic E-state index is 4.68. The highest BCUT2D eigenvalue weighted by atomic mass is 15.7. The summed E-state index contributed by atoms with van der Waals surface area (Å²) >= 11 is 0. The van der Waals surface area contributed by atoms with Gasteiger partial charge < -0.3 is 0 Å². The second-order valence-corrected chi connectivity index (χ2v) is 6.59. The molecule has 0 spiro atoms. The van der Waals surface area contributed by atoms with Crippen LogP contribution in [0.3, 0.4) is 0 Å². The Balaban J connectivity index is 1.47. The first-order valence-electron chi connectivity index (χ1n) is 8.35. The molecule has 0 saturated heterocycles. The maximum Gasteiger partial charge on any atom is 0.225 e. The minimum absolute atomic E-state index is 0.356. The van der Waals surface area contributed by atoms with Gasteiger partial charge >= 0.3 is 0 Å². The number of anilines is 1. The van der Waals surface area contributed by atoms with Gasteiger partial charge in [-0.2, -0.15) is 0 Å². The fraction of sp³-hybridized carbons (Fsp3) is 0.211. The van der Waals surface area contributed by atoms with Crippen LogP contribution in [-0.2, 0) is 0 Å². The molecule has 2 aliphatic heterocycles. The fourth-order valence-corrected chi connectivity index (χ4v) is 3.41. The number of fused-ring (bicyclic) bond motifs is 2. The average Bonchev–Trinajstić information content (AvgIpc) is 2.97. The SMILES string of the molecule is C1=C[N+]2(Nc3ccc4cc(C5CCC5)cnc4c3)C=NC=C2C=N1. The number of hydrogen-bond acceptors (Lipinski definition) is 4. The molecule has 118 valence electrons. The molecule has 1 aliphatic carbocycles. The lowest BCUT2D eigenvalue weighted by Crippen LogP contribution is -2.45. The molecule has 2 aromatic rings. The molecule has 24 heavy (non-hydrogen) atoms. The molecule has 1 unspecified atom stereocenters. The molecule has 1 fully saturated rings. The van der Waals surface area contributed by atoms with E-state index in [4.69, 9.17) is 0 Å². The van der Waals surface area contributed by atoms with E-state index in [0.717, 1.165) is 16.9 Å². The molecule has 5 rings (SSSR count). The van der Waals surface area contributed by atoms with E-state index in [0.29, 0.717) is 10.5 Å². The number of rotatable bonds is 3. The lowest BCUT2D eigenvalue weighted by atomic mass is 9.80. The Labute approximate surface area is 140 Å². The standard InChI is InChI=1S/C19H18N5/c1-2-14(3-1)16-8-15-4-5-17(9-19(15)22-10-16)23-24-7-6-20-11-18(24)12-21-13-24/h4-14,23H,1-3H2/q+1. The van der Waals surface area contributed by atoms with Gasteiger partial charge in [-0.15, -0.1) is 4.59 Å². The summed E-state index contributed by atoms with van der Waals surface area (Å²) in [5, 5.41) is 1.20. The Morgan fingerprint density at radius 2 is 2.08 bits per heavy atom. The molecule has 1 aromatic carbocycles. The molecule has 3 aliphatic rings. The van der Waals surface area contributed by atoms with Crippen LogP contribution in [0.15, 0.2) is 64.7 Å². The van der Waals surface area contributed by atoms with Crippen LogP contribution in [0.1, 0.15) is 30.7 Å². The average molecular weight is 316 g/mol. The van der Waals surface area contributed by atoms with Crippen LogP contribution in [0.2, 0.25) is 0 Å². The van der Waals surface area contributed by atoms with Crippen LogP contribution in [0.4, 0.5) is 5.69 Å². The van der Waals surface area contributed by atoms with Crippen molar-refractivity contribution in [3.63, 3.8) is 0 Å². The molecular formula is C19H18N5+. The van der Waals surface area contributed by atoms with Crippen molar-refractivity contribution >= 4 is 29.1 Å². The molecule has 1 aromatic heterocycles. The van der Waals surface area contributed by atoms with Crippen molar-refractivity contribution in [1.29, 1.82) is 0 Å². The monoisotopic (exact) mass is 316 g/mol. The molecule has 5 nitrogen and oxygen atoms in total. The number of nitrogens with one attached hydrogen (secondary N) is 1. The van der Waals surface area contributed by atoms with Crippen molar-refractivity contribution < 1.29 is 4.59 Å². The maximum atomic E-state index is 4.68. The van der Waals surface area contributed by atoms with Gasteiger partial charge in [0, 0.05) is 11.6 Å². The fourth-order valence-electron chi connectivity index (χ4n) is 3.41. The van der Waals surface area contributed by atoms with Gasteiger partial charge in [0.15, 0.2) is 6.20 Å². The lowest BCUT2D eigenvalue weighted by molar-refractivity contribution is -0.704. The molecule has 1 atom stereocenters. The van der Waals surface area contributed by atoms with Crippen LogP contribution in [-0.4, -0.2) is 22.1 Å². The zero-order chi connectivity index (χ0) is 16.0. The van der Waals surface area contributed by atoms with Gasteiger partial charge in [0.2, 0.25) is 12.0 Å². The number of aromatic nitrogens is 1. The number of aliphatic imine (C=N–C) groups is 2. The summed E-state index contributed by atoms with van der Waals surface area (Å²) in [5.41, 5.74) is 7.90. The van der Waals surface area contributed by atoms with E-state index in [1.165, 1.54) is 30.2 Å². The molecule has 0 bridgehead atoms. The van der Waals surface area contributed by atoms with Gasteiger partial charge in [-0.05, 0) is 42.5 Å². The summed E-state index contributed by atoms with van der Waals surface area (Å²) in [6.45, 7) is 0. The van der Waals surface area contributed by atoms with Crippen molar-refractivity contribution in [3.05, 3.63) is 60.3 Å². The number of benzene rings is 1. The highest BCUT2D eigenvalue weighted by Gasteiger charge is 2.34. The van der Waals surface area contributed by atoms with E-state index in [-0.39, 0.29) is 0 Å². The van der Waals surface area contributed by atoms with Crippen molar-refractivity contribution in [2.75, 3.05) is 5.43 Å². The van der Waals surface area contributed by atoms with E-state index >= 15 is 0 Å². The number of allylic oxidation sites excluding steroid dienone is 1. The normalized spacial score (nSPS) is 24.8. The first-order chi connectivity index (χ1) is 11.8. The van der Waals surface area contributed by atoms with Crippen LogP contribution in [0, 0.1) is 0 Å². The van der Waals surface area contributed by atoms with E-state index in [2.05, 4.69) is 44.7 Å². The minimum atomic E-state index is 0.356. The zero-order valence-corrected chi connectivity index (χ0v) is 13.3. The summed E-state index contributed by atoms with van der Waals surface area (Å²) in [6.07, 6.45) is 15.2. The Morgan fingerprint density at radius 3 is 2.96 bits per heavy atom. The highest BCUT2D eigenvalue weighted by Crippen LogP contribution is 2.37. The summed E-state index contributed by atoms with van der Waals surface area (Å²) in [5.74, 6) is 0.712. The summed E-state index contributed by atoms with van der Waals surface area (Å²) in [4.78, 5) is 13.1. The first kappa shape index (κ1) is 13.6. The predicted molar refractivity (Wildman–Crippen MR) is 96.4 cm³/mol. The third-order valence-corrected chi connectivity index (χ3v) is 5.07. The molecule has 0 amide bonds. The van der Waals surface area contributed by atoms with Crippen LogP contribution < -0.4 is 5.43 Å². The number of hydrogen-bond donors (Lipinski definition) is 1. The van der Waals surface area contributed by atoms with E-state index in [1.807, 2.05) is 31.1 Å². The third-order valence-electron chi connectivity index (χ3n) is 5.07. The van der Waals surface area contributed by atoms with Gasteiger partial charge in [-0.3, -0.25) is 9.98 Å². The number of quaternary nitrogens is 1. The lowest BCUT2D eigenvalue weighted by Gasteiger charge is -2.28. The van der Waals surface area contributed by atoms with Crippen LogP contribution in [0.25, 0.3) is 10.9 Å². The first-order valence-corrected chi connectivity index (χ1v) is 8.35. The Bertz CT molecular complexity index is 936. The number of pyridine rings is 1. The summed E-state index contributed by atoms with van der Waals surface area (Å²) < 4.78 is 0.356. The Kier molecular flexibility index (Phi) is 2.90. The minimum Gasteiger partial charge on any atom is -0.256 e. The molecule has 3 heterocycles. The quantitative estimate of drug-likeness (QED) is 0.867. The zero-order valence-electron chi connectivity index (χ0n) is 13.3.